The highest BCUT2D eigenvalue weighted by atomic mass is 16.4. The van der Waals surface area contributed by atoms with Crippen molar-refractivity contribution in [1.29, 1.82) is 0 Å². The lowest BCUT2D eigenvalue weighted by Gasteiger charge is -2.25. The molecule has 0 aliphatic carbocycles. The van der Waals surface area contributed by atoms with E-state index in [4.69, 9.17) is 5.11 Å². The number of para-hydroxylation sites is 1. The Morgan fingerprint density at radius 1 is 1.25 bits per heavy atom. The molecule has 0 saturated carbocycles. The molecule has 128 valence electrons. The van der Waals surface area contributed by atoms with Gasteiger partial charge in [-0.05, 0) is 25.5 Å². The maximum absolute atomic E-state index is 12.5. The van der Waals surface area contributed by atoms with Gasteiger partial charge in [-0.25, -0.2) is 4.79 Å². The van der Waals surface area contributed by atoms with E-state index in [2.05, 4.69) is 15.6 Å². The van der Waals surface area contributed by atoms with Gasteiger partial charge in [-0.3, -0.25) is 9.59 Å². The van der Waals surface area contributed by atoms with E-state index in [9.17, 15) is 14.4 Å². The van der Waals surface area contributed by atoms with Gasteiger partial charge in [0.15, 0.2) is 0 Å². The van der Waals surface area contributed by atoms with Crippen molar-refractivity contribution in [3.8, 4) is 0 Å². The van der Waals surface area contributed by atoms with Crippen LogP contribution in [0.15, 0.2) is 30.5 Å². The lowest BCUT2D eigenvalue weighted by atomic mass is 10.0. The molecule has 0 spiro atoms. The third-order valence-electron chi connectivity index (χ3n) is 3.76. The van der Waals surface area contributed by atoms with Gasteiger partial charge in [-0.1, -0.05) is 18.2 Å². The topological polar surface area (TPSA) is 111 Å². The average molecular weight is 331 g/mol. The van der Waals surface area contributed by atoms with E-state index in [1.165, 1.54) is 20.8 Å². The van der Waals surface area contributed by atoms with Crippen LogP contribution in [0.25, 0.3) is 10.9 Å². The van der Waals surface area contributed by atoms with Crippen LogP contribution in [0.5, 0.6) is 0 Å². The number of hydrogen-bond donors (Lipinski definition) is 4. The number of benzene rings is 1. The van der Waals surface area contributed by atoms with Crippen molar-refractivity contribution in [3.05, 3.63) is 36.0 Å². The quantitative estimate of drug-likeness (QED) is 0.637. The molecule has 0 aliphatic heterocycles. The van der Waals surface area contributed by atoms with Crippen LogP contribution in [-0.4, -0.2) is 39.5 Å². The number of carboxylic acids is 1. The van der Waals surface area contributed by atoms with Crippen molar-refractivity contribution < 1.29 is 19.5 Å². The molecule has 0 saturated heterocycles. The van der Waals surface area contributed by atoms with Crippen LogP contribution >= 0.6 is 0 Å². The lowest BCUT2D eigenvalue weighted by molar-refractivity contribution is -0.146. The zero-order chi connectivity index (χ0) is 17.9. The zero-order valence-electron chi connectivity index (χ0n) is 13.8. The molecule has 4 N–H and O–H groups in total. The Hall–Kier alpha value is -2.83. The molecule has 1 atom stereocenters. The minimum absolute atomic E-state index is 0.255. The molecule has 7 heteroatoms. The third kappa shape index (κ3) is 3.92. The van der Waals surface area contributed by atoms with Crippen molar-refractivity contribution >= 4 is 28.7 Å². The van der Waals surface area contributed by atoms with Gasteiger partial charge in [0.2, 0.25) is 11.8 Å². The fourth-order valence-electron chi connectivity index (χ4n) is 2.42. The molecule has 0 aliphatic rings. The molecule has 1 aromatic heterocycles. The standard InChI is InChI=1S/C17H21N3O4/c1-10(21)19-14(15(22)20-17(2,3)16(23)24)8-11-9-18-13-7-5-4-6-12(11)13/h4-7,9,14,18H,8H2,1-3H3,(H,19,21)(H,20,22)(H,23,24)/t14-/m1/s1. The van der Waals surface area contributed by atoms with Crippen LogP contribution in [0.3, 0.4) is 0 Å². The Labute approximate surface area is 139 Å². The average Bonchev–Trinajstić information content (AvgIpc) is 2.89. The van der Waals surface area contributed by atoms with Gasteiger partial charge < -0.3 is 20.7 Å². The van der Waals surface area contributed by atoms with Crippen LogP contribution in [0.4, 0.5) is 0 Å². The minimum atomic E-state index is -1.42. The summed E-state index contributed by atoms with van der Waals surface area (Å²) in [5.41, 5.74) is 0.376. The normalized spacial score (nSPS) is 12.6. The summed E-state index contributed by atoms with van der Waals surface area (Å²) in [5, 5.41) is 15.1. The molecule has 24 heavy (non-hydrogen) atoms. The van der Waals surface area contributed by atoms with Crippen LogP contribution < -0.4 is 10.6 Å². The zero-order valence-corrected chi connectivity index (χ0v) is 13.8. The van der Waals surface area contributed by atoms with E-state index >= 15 is 0 Å². The van der Waals surface area contributed by atoms with Crippen LogP contribution in [0.1, 0.15) is 26.3 Å². The van der Waals surface area contributed by atoms with Gasteiger partial charge in [0, 0.05) is 30.4 Å². The predicted octanol–water partition coefficient (Wildman–Crippen LogP) is 1.19. The molecule has 0 unspecified atom stereocenters. The van der Waals surface area contributed by atoms with Gasteiger partial charge in [-0.15, -0.1) is 0 Å². The Balaban J connectivity index is 2.23. The molecule has 2 amide bonds. The number of aliphatic carboxylic acids is 1. The Bertz CT molecular complexity index is 779. The summed E-state index contributed by atoms with van der Waals surface area (Å²) in [7, 11) is 0. The highest BCUT2D eigenvalue weighted by molar-refractivity contribution is 5.92. The summed E-state index contributed by atoms with van der Waals surface area (Å²) in [6.07, 6.45) is 2.04. The number of amides is 2. The van der Waals surface area contributed by atoms with E-state index in [1.54, 1.807) is 6.20 Å². The number of aromatic amines is 1. The molecule has 0 fully saturated rings. The van der Waals surface area contributed by atoms with E-state index < -0.39 is 23.5 Å². The number of carbonyl (C=O) groups excluding carboxylic acids is 2. The van der Waals surface area contributed by atoms with Crippen molar-refractivity contribution in [3.63, 3.8) is 0 Å². The smallest absolute Gasteiger partial charge is 0.328 e. The van der Waals surface area contributed by atoms with Crippen molar-refractivity contribution in [2.24, 2.45) is 0 Å². The predicted molar refractivity (Wildman–Crippen MR) is 89.5 cm³/mol. The molecule has 0 bridgehead atoms. The summed E-state index contributed by atoms with van der Waals surface area (Å²) >= 11 is 0. The second-order valence-electron chi connectivity index (χ2n) is 6.24. The Morgan fingerprint density at radius 2 is 1.92 bits per heavy atom. The Morgan fingerprint density at radius 3 is 2.54 bits per heavy atom. The molecule has 2 rings (SSSR count). The van der Waals surface area contributed by atoms with Gasteiger partial charge in [0.25, 0.3) is 0 Å². The highest BCUT2D eigenvalue weighted by Crippen LogP contribution is 2.19. The minimum Gasteiger partial charge on any atom is -0.480 e. The van der Waals surface area contributed by atoms with Gasteiger partial charge in [0.05, 0.1) is 0 Å². The number of H-pyrrole nitrogens is 1. The second kappa shape index (κ2) is 6.74. The second-order valence-corrected chi connectivity index (χ2v) is 6.24. The molecule has 2 aromatic rings. The number of rotatable bonds is 6. The van der Waals surface area contributed by atoms with Crippen LogP contribution in [0.2, 0.25) is 0 Å². The first-order valence-corrected chi connectivity index (χ1v) is 7.58. The molecule has 0 radical (unpaired) electrons. The van der Waals surface area contributed by atoms with E-state index in [-0.39, 0.29) is 12.3 Å². The number of carboxylic acid groups (broad SMARTS) is 1. The summed E-state index contributed by atoms with van der Waals surface area (Å²) in [6, 6.07) is 6.77. The van der Waals surface area contributed by atoms with Crippen molar-refractivity contribution in [2.45, 2.75) is 38.8 Å². The van der Waals surface area contributed by atoms with Gasteiger partial charge in [0.1, 0.15) is 11.6 Å². The molecule has 7 nitrogen and oxygen atoms in total. The number of fused-ring (bicyclic) bond motifs is 1. The lowest BCUT2D eigenvalue weighted by Crippen LogP contribution is -2.56. The largest absolute Gasteiger partial charge is 0.480 e. The number of nitrogens with one attached hydrogen (secondary N) is 3. The van der Waals surface area contributed by atoms with E-state index in [0.29, 0.717) is 0 Å². The number of carbonyl (C=O) groups is 3. The van der Waals surface area contributed by atoms with Gasteiger partial charge in [-0.2, -0.15) is 0 Å². The van der Waals surface area contributed by atoms with Crippen molar-refractivity contribution in [1.82, 2.24) is 15.6 Å². The Kier molecular flexibility index (Phi) is 4.92. The third-order valence-corrected chi connectivity index (χ3v) is 3.76. The number of hydrogen-bond acceptors (Lipinski definition) is 3. The first-order chi connectivity index (χ1) is 11.2. The molecular formula is C17H21N3O4. The SMILES string of the molecule is CC(=O)N[C@H](Cc1c[nH]c2ccccc12)C(=O)NC(C)(C)C(=O)O. The fraction of sp³-hybridized carbons (Fsp3) is 0.353. The first-order valence-electron chi connectivity index (χ1n) is 7.58. The fourth-order valence-corrected chi connectivity index (χ4v) is 2.42. The van der Waals surface area contributed by atoms with Gasteiger partial charge >= 0.3 is 5.97 Å². The van der Waals surface area contributed by atoms with E-state index in [0.717, 1.165) is 16.5 Å². The summed E-state index contributed by atoms with van der Waals surface area (Å²) < 4.78 is 0. The summed E-state index contributed by atoms with van der Waals surface area (Å²) in [6.45, 7) is 4.10. The number of aromatic nitrogens is 1. The monoisotopic (exact) mass is 331 g/mol. The first kappa shape index (κ1) is 17.5. The summed E-state index contributed by atoms with van der Waals surface area (Å²) in [4.78, 5) is 38.2. The van der Waals surface area contributed by atoms with Crippen LogP contribution in [-0.2, 0) is 20.8 Å². The summed E-state index contributed by atoms with van der Waals surface area (Å²) in [5.74, 6) is -2.05. The highest BCUT2D eigenvalue weighted by Gasteiger charge is 2.32. The van der Waals surface area contributed by atoms with Crippen molar-refractivity contribution in [2.75, 3.05) is 0 Å². The maximum Gasteiger partial charge on any atom is 0.328 e. The van der Waals surface area contributed by atoms with E-state index in [1.807, 2.05) is 24.3 Å². The van der Waals surface area contributed by atoms with Crippen LogP contribution in [0, 0.1) is 0 Å². The molecule has 1 aromatic carbocycles. The molecule has 1 heterocycles. The maximum atomic E-state index is 12.5. The molecular weight excluding hydrogens is 310 g/mol.